The molecule has 1 unspecified atom stereocenters. The van der Waals surface area contributed by atoms with Crippen LogP contribution in [0.2, 0.25) is 0 Å². The molecule has 1 aromatic carbocycles. The number of halogens is 1. The molecule has 8 heteroatoms. The van der Waals surface area contributed by atoms with Crippen LogP contribution < -0.4 is 10.1 Å². The first-order valence-electron chi connectivity index (χ1n) is 8.28. The van der Waals surface area contributed by atoms with Crippen molar-refractivity contribution in [1.29, 1.82) is 0 Å². The number of sulfone groups is 1. The molecule has 1 saturated heterocycles. The molecule has 25 heavy (non-hydrogen) atoms. The molecule has 1 fully saturated rings. The Morgan fingerprint density at radius 1 is 1.36 bits per heavy atom. The molecule has 0 aliphatic carbocycles. The van der Waals surface area contributed by atoms with E-state index in [0.717, 1.165) is 19.0 Å². The van der Waals surface area contributed by atoms with Gasteiger partial charge in [0.1, 0.15) is 12.4 Å². The second-order valence-electron chi connectivity index (χ2n) is 6.26. The van der Waals surface area contributed by atoms with Gasteiger partial charge >= 0.3 is 0 Å². The Bertz CT molecular complexity index is 662. The zero-order chi connectivity index (χ0) is 17.6. The number of aliphatic imine (C=N–C) groups is 1. The maximum Gasteiger partial charge on any atom is 0.193 e. The number of guanidine groups is 1. The Balaban J connectivity index is 0.00000312. The van der Waals surface area contributed by atoms with E-state index in [4.69, 9.17) is 4.74 Å². The molecular formula is C17H28IN3O3S. The second kappa shape index (κ2) is 10.2. The number of benzene rings is 1. The molecule has 1 aromatic rings. The van der Waals surface area contributed by atoms with Gasteiger partial charge in [-0.15, -0.1) is 24.0 Å². The molecule has 0 bridgehead atoms. The summed E-state index contributed by atoms with van der Waals surface area (Å²) >= 11 is 0. The minimum atomic E-state index is -3.17. The molecule has 1 atom stereocenters. The Morgan fingerprint density at radius 3 is 2.60 bits per heavy atom. The lowest BCUT2D eigenvalue weighted by molar-refractivity contribution is 0.262. The van der Waals surface area contributed by atoms with Crippen LogP contribution in [0.4, 0.5) is 0 Å². The van der Waals surface area contributed by atoms with Gasteiger partial charge in [0.15, 0.2) is 15.8 Å². The average molecular weight is 481 g/mol. The summed E-state index contributed by atoms with van der Waals surface area (Å²) in [7, 11) is -1.37. The molecule has 1 aliphatic rings. The van der Waals surface area contributed by atoms with E-state index in [2.05, 4.69) is 22.1 Å². The predicted molar refractivity (Wildman–Crippen MR) is 112 cm³/mol. The highest BCUT2D eigenvalue weighted by Gasteiger charge is 2.18. The third-order valence-corrected chi connectivity index (χ3v) is 5.20. The summed E-state index contributed by atoms with van der Waals surface area (Å²) in [5.41, 5.74) is 0. The van der Waals surface area contributed by atoms with E-state index in [1.165, 1.54) is 19.1 Å². The second-order valence-corrected chi connectivity index (χ2v) is 8.28. The number of rotatable bonds is 5. The first kappa shape index (κ1) is 22.0. The van der Waals surface area contributed by atoms with Crippen LogP contribution in [-0.4, -0.2) is 58.8 Å². The molecule has 2 rings (SSSR count). The maximum absolute atomic E-state index is 11.4. The van der Waals surface area contributed by atoms with E-state index in [9.17, 15) is 8.42 Å². The van der Waals surface area contributed by atoms with Gasteiger partial charge in [-0.3, -0.25) is 4.99 Å². The number of piperidine rings is 1. The molecule has 0 saturated carbocycles. The zero-order valence-electron chi connectivity index (χ0n) is 15.1. The average Bonchev–Trinajstić information content (AvgIpc) is 2.54. The van der Waals surface area contributed by atoms with Crippen LogP contribution in [0.5, 0.6) is 5.75 Å². The number of hydrogen-bond acceptors (Lipinski definition) is 4. The molecule has 0 spiro atoms. The number of hydrogen-bond donors (Lipinski definition) is 1. The van der Waals surface area contributed by atoms with Crippen LogP contribution in [0.15, 0.2) is 34.2 Å². The minimum absolute atomic E-state index is 0. The lowest BCUT2D eigenvalue weighted by atomic mass is 10.0. The van der Waals surface area contributed by atoms with Crippen molar-refractivity contribution in [2.45, 2.75) is 24.7 Å². The third-order valence-electron chi connectivity index (χ3n) is 4.07. The fourth-order valence-electron chi connectivity index (χ4n) is 2.83. The summed E-state index contributed by atoms with van der Waals surface area (Å²) in [5.74, 6) is 2.27. The van der Waals surface area contributed by atoms with Gasteiger partial charge < -0.3 is 15.0 Å². The van der Waals surface area contributed by atoms with Gasteiger partial charge in [-0.1, -0.05) is 6.92 Å². The molecule has 0 amide bonds. The highest BCUT2D eigenvalue weighted by Crippen LogP contribution is 2.16. The highest BCUT2D eigenvalue weighted by molar-refractivity contribution is 14.0. The highest BCUT2D eigenvalue weighted by atomic mass is 127. The van der Waals surface area contributed by atoms with Crippen molar-refractivity contribution in [1.82, 2.24) is 10.2 Å². The minimum Gasteiger partial charge on any atom is -0.492 e. The van der Waals surface area contributed by atoms with Crippen LogP contribution in [0.1, 0.15) is 19.8 Å². The van der Waals surface area contributed by atoms with Gasteiger partial charge in [0, 0.05) is 26.4 Å². The van der Waals surface area contributed by atoms with Gasteiger partial charge in [0.2, 0.25) is 0 Å². The fraction of sp³-hybridized carbons (Fsp3) is 0.588. The van der Waals surface area contributed by atoms with Crippen molar-refractivity contribution in [3.05, 3.63) is 24.3 Å². The van der Waals surface area contributed by atoms with Gasteiger partial charge in [0.25, 0.3) is 0 Å². The fourth-order valence-corrected chi connectivity index (χ4v) is 3.46. The van der Waals surface area contributed by atoms with Gasteiger partial charge in [-0.2, -0.15) is 0 Å². The summed E-state index contributed by atoms with van der Waals surface area (Å²) < 4.78 is 28.5. The Morgan fingerprint density at radius 2 is 2.04 bits per heavy atom. The topological polar surface area (TPSA) is 71.0 Å². The van der Waals surface area contributed by atoms with Gasteiger partial charge in [0.05, 0.1) is 11.4 Å². The first-order chi connectivity index (χ1) is 11.4. The van der Waals surface area contributed by atoms with E-state index in [0.29, 0.717) is 29.7 Å². The number of ether oxygens (including phenoxy) is 1. The van der Waals surface area contributed by atoms with E-state index in [1.54, 1.807) is 31.3 Å². The molecular weight excluding hydrogens is 453 g/mol. The molecule has 1 N–H and O–H groups in total. The number of nitrogens with zero attached hydrogens (tertiary/aromatic N) is 2. The first-order valence-corrected chi connectivity index (χ1v) is 10.2. The van der Waals surface area contributed by atoms with Crippen LogP contribution in [0, 0.1) is 5.92 Å². The zero-order valence-corrected chi connectivity index (χ0v) is 18.2. The van der Waals surface area contributed by atoms with Crippen LogP contribution in [0.25, 0.3) is 0 Å². The van der Waals surface area contributed by atoms with Crippen LogP contribution in [-0.2, 0) is 9.84 Å². The number of nitrogens with one attached hydrogen (secondary N) is 1. The molecule has 0 aromatic heterocycles. The lowest BCUT2D eigenvalue weighted by Gasteiger charge is -2.33. The van der Waals surface area contributed by atoms with E-state index < -0.39 is 9.84 Å². The van der Waals surface area contributed by atoms with E-state index in [1.807, 2.05) is 0 Å². The molecule has 1 heterocycles. The molecule has 0 radical (unpaired) electrons. The molecule has 6 nitrogen and oxygen atoms in total. The predicted octanol–water partition coefficient (Wildman–Crippen LogP) is 2.39. The van der Waals surface area contributed by atoms with E-state index >= 15 is 0 Å². The van der Waals surface area contributed by atoms with Crippen molar-refractivity contribution < 1.29 is 13.2 Å². The Labute approximate surface area is 168 Å². The van der Waals surface area contributed by atoms with Crippen molar-refractivity contribution >= 4 is 39.8 Å². The number of likely N-dealkylation sites (tertiary alicyclic amines) is 1. The van der Waals surface area contributed by atoms with Gasteiger partial charge in [-0.05, 0) is 43.0 Å². The normalized spacial score (nSPS) is 18.4. The Kier molecular flexibility index (Phi) is 8.98. The quantitative estimate of drug-likeness (QED) is 0.303. The molecule has 142 valence electrons. The maximum atomic E-state index is 11.4. The summed E-state index contributed by atoms with van der Waals surface area (Å²) in [4.78, 5) is 6.92. The van der Waals surface area contributed by atoms with Crippen molar-refractivity contribution in [3.8, 4) is 5.75 Å². The van der Waals surface area contributed by atoms with Gasteiger partial charge in [-0.25, -0.2) is 8.42 Å². The lowest BCUT2D eigenvalue weighted by Crippen LogP contribution is -2.47. The Hall–Kier alpha value is -1.03. The summed E-state index contributed by atoms with van der Waals surface area (Å²) in [6.45, 7) is 5.47. The monoisotopic (exact) mass is 481 g/mol. The summed E-state index contributed by atoms with van der Waals surface area (Å²) in [5, 5.41) is 3.32. The van der Waals surface area contributed by atoms with Crippen LogP contribution in [0.3, 0.4) is 0 Å². The van der Waals surface area contributed by atoms with Crippen molar-refractivity contribution in [2.24, 2.45) is 10.9 Å². The van der Waals surface area contributed by atoms with E-state index in [-0.39, 0.29) is 24.0 Å². The summed E-state index contributed by atoms with van der Waals surface area (Å²) in [6, 6.07) is 6.48. The smallest absolute Gasteiger partial charge is 0.193 e. The van der Waals surface area contributed by atoms with Crippen molar-refractivity contribution in [3.63, 3.8) is 0 Å². The van der Waals surface area contributed by atoms with Crippen LogP contribution >= 0.6 is 24.0 Å². The molecule has 1 aliphatic heterocycles. The standard InChI is InChI=1S/C17H27N3O3S.HI/c1-14-5-4-11-20(13-14)17(18-2)19-10-12-23-15-6-8-16(9-7-15)24(3,21)22;/h6-9,14H,4-5,10-13H2,1-3H3,(H,18,19);1H. The SMILES string of the molecule is CN=C(NCCOc1ccc(S(C)(=O)=O)cc1)N1CCCC(C)C1.I. The third kappa shape index (κ3) is 7.01. The largest absolute Gasteiger partial charge is 0.492 e. The van der Waals surface area contributed by atoms with Crippen molar-refractivity contribution in [2.75, 3.05) is 39.5 Å². The summed E-state index contributed by atoms with van der Waals surface area (Å²) in [6.07, 6.45) is 3.67.